The fourth-order valence-electron chi connectivity index (χ4n) is 3.46. The number of hydrogen-bond donors (Lipinski definition) is 1. The summed E-state index contributed by atoms with van der Waals surface area (Å²) in [5.74, 6) is -0.224. The fraction of sp³-hybridized carbons (Fsp3) is 0.318. The number of aldehydes is 1. The van der Waals surface area contributed by atoms with E-state index in [1.165, 1.54) is 25.1 Å². The number of rotatable bonds is 9. The Balaban J connectivity index is 1.80. The molecule has 1 unspecified atom stereocenters. The van der Waals surface area contributed by atoms with Crippen molar-refractivity contribution in [1.29, 1.82) is 0 Å². The van der Waals surface area contributed by atoms with E-state index >= 15 is 0 Å². The summed E-state index contributed by atoms with van der Waals surface area (Å²) < 4.78 is 25.0. The van der Waals surface area contributed by atoms with Gasteiger partial charge in [-0.25, -0.2) is 4.39 Å². The third-order valence-corrected chi connectivity index (χ3v) is 5.08. The second-order valence-corrected chi connectivity index (χ2v) is 6.84. The van der Waals surface area contributed by atoms with Crippen molar-refractivity contribution < 1.29 is 28.2 Å². The van der Waals surface area contributed by atoms with Crippen LogP contribution in [0.4, 0.5) is 4.39 Å². The molecule has 0 bridgehead atoms. The molecular weight excluding hydrogens is 391 g/mol. The number of likely N-dealkylation sites (N-methyl/N-ethyl adjacent to an activating group) is 1. The van der Waals surface area contributed by atoms with Crippen LogP contribution < -0.4 is 14.8 Å². The van der Waals surface area contributed by atoms with Gasteiger partial charge in [-0.15, -0.1) is 0 Å². The lowest BCUT2D eigenvalue weighted by molar-refractivity contribution is -0.125. The molecule has 2 aromatic carbocycles. The minimum atomic E-state index is -0.757. The largest absolute Gasteiger partial charge is 0.497 e. The lowest BCUT2D eigenvalue weighted by atomic mass is 10.1. The highest BCUT2D eigenvalue weighted by molar-refractivity contribution is 6.01. The van der Waals surface area contributed by atoms with Gasteiger partial charge < -0.3 is 24.5 Å². The first-order valence-electron chi connectivity index (χ1n) is 9.53. The molecule has 0 aliphatic carbocycles. The molecule has 0 saturated heterocycles. The Kier molecular flexibility index (Phi) is 6.66. The second-order valence-electron chi connectivity index (χ2n) is 6.84. The molecule has 1 aliphatic rings. The number of carbonyl (C=O) groups is 3. The first-order valence-corrected chi connectivity index (χ1v) is 9.53. The first-order chi connectivity index (χ1) is 14.5. The highest BCUT2D eigenvalue weighted by Gasteiger charge is 2.37. The van der Waals surface area contributed by atoms with Crippen LogP contribution in [-0.2, 0) is 22.7 Å². The number of methoxy groups -OCH3 is 1. The zero-order valence-electron chi connectivity index (χ0n) is 16.8. The Labute approximate surface area is 173 Å². The van der Waals surface area contributed by atoms with E-state index in [9.17, 15) is 18.8 Å². The number of benzene rings is 2. The van der Waals surface area contributed by atoms with Crippen molar-refractivity contribution in [3.05, 3.63) is 58.9 Å². The lowest BCUT2D eigenvalue weighted by Crippen LogP contribution is -2.46. The summed E-state index contributed by atoms with van der Waals surface area (Å²) in [4.78, 5) is 37.4. The molecule has 7 nitrogen and oxygen atoms in total. The number of fused-ring (bicyclic) bond motifs is 1. The van der Waals surface area contributed by atoms with Gasteiger partial charge in [0.2, 0.25) is 5.91 Å². The van der Waals surface area contributed by atoms with Crippen molar-refractivity contribution in [2.75, 3.05) is 14.2 Å². The average molecular weight is 414 g/mol. The quantitative estimate of drug-likeness (QED) is 0.637. The molecule has 0 aromatic heterocycles. The molecule has 8 heteroatoms. The van der Waals surface area contributed by atoms with Crippen LogP contribution in [0.5, 0.6) is 11.5 Å². The zero-order valence-corrected chi connectivity index (χ0v) is 16.8. The Hall–Kier alpha value is -3.42. The van der Waals surface area contributed by atoms with Crippen LogP contribution in [0.3, 0.4) is 0 Å². The minimum absolute atomic E-state index is 0.0233. The molecule has 0 radical (unpaired) electrons. The number of ether oxygens (including phenoxy) is 2. The zero-order chi connectivity index (χ0) is 21.7. The van der Waals surface area contributed by atoms with Crippen LogP contribution in [0.15, 0.2) is 36.4 Å². The summed E-state index contributed by atoms with van der Waals surface area (Å²) in [6.45, 7) is 0.150. The lowest BCUT2D eigenvalue weighted by Gasteiger charge is -2.25. The number of halogens is 1. The van der Waals surface area contributed by atoms with E-state index in [-0.39, 0.29) is 37.8 Å². The van der Waals surface area contributed by atoms with Crippen molar-refractivity contribution in [1.82, 2.24) is 10.2 Å². The minimum Gasteiger partial charge on any atom is -0.497 e. The molecule has 0 saturated carbocycles. The van der Waals surface area contributed by atoms with Crippen LogP contribution in [0.1, 0.15) is 34.3 Å². The van der Waals surface area contributed by atoms with E-state index in [0.29, 0.717) is 28.2 Å². The maximum atomic E-state index is 14.2. The van der Waals surface area contributed by atoms with E-state index in [4.69, 9.17) is 9.47 Å². The Bertz CT molecular complexity index is 963. The predicted molar refractivity (Wildman–Crippen MR) is 107 cm³/mol. The smallest absolute Gasteiger partial charge is 0.255 e. The van der Waals surface area contributed by atoms with Gasteiger partial charge in [0, 0.05) is 36.2 Å². The van der Waals surface area contributed by atoms with Gasteiger partial charge in [0.25, 0.3) is 5.91 Å². The number of amides is 2. The maximum Gasteiger partial charge on any atom is 0.255 e. The summed E-state index contributed by atoms with van der Waals surface area (Å²) in [6, 6.07) is 8.79. The summed E-state index contributed by atoms with van der Waals surface area (Å²) in [7, 11) is 2.95. The van der Waals surface area contributed by atoms with Crippen molar-refractivity contribution >= 4 is 18.1 Å². The third-order valence-electron chi connectivity index (χ3n) is 5.08. The molecule has 1 aliphatic heterocycles. The molecule has 3 rings (SSSR count). The van der Waals surface area contributed by atoms with Gasteiger partial charge in [0.05, 0.1) is 13.7 Å². The summed E-state index contributed by atoms with van der Waals surface area (Å²) in [5.41, 5.74) is 1.42. The summed E-state index contributed by atoms with van der Waals surface area (Å²) >= 11 is 0. The predicted octanol–water partition coefficient (Wildman–Crippen LogP) is 2.46. The summed E-state index contributed by atoms with van der Waals surface area (Å²) in [5, 5.41) is 2.54. The number of carbonyl (C=O) groups excluding carboxylic acids is 3. The maximum absolute atomic E-state index is 14.2. The monoisotopic (exact) mass is 414 g/mol. The van der Waals surface area contributed by atoms with Gasteiger partial charge in [-0.2, -0.15) is 0 Å². The topological polar surface area (TPSA) is 84.9 Å². The average Bonchev–Trinajstić information content (AvgIpc) is 3.10. The van der Waals surface area contributed by atoms with Crippen LogP contribution in [-0.4, -0.2) is 43.2 Å². The van der Waals surface area contributed by atoms with Crippen LogP contribution in [0.25, 0.3) is 0 Å². The number of nitrogens with zero attached hydrogens (tertiary/aromatic N) is 1. The van der Waals surface area contributed by atoms with Gasteiger partial charge in [-0.05, 0) is 30.7 Å². The Morgan fingerprint density at radius 1 is 1.33 bits per heavy atom. The van der Waals surface area contributed by atoms with Gasteiger partial charge >= 0.3 is 0 Å². The first kappa shape index (κ1) is 21.3. The standard InChI is InChI=1S/C22H23FN2O5/c1-24-21(27)19(6-4-10-26)25-12-17-16(22(25)28)5-3-7-20(17)30-13-14-8-9-15(29-2)11-18(14)23/h3,5,7-11,19H,4,6,12-13H2,1-2H3,(H,24,27). The van der Waals surface area contributed by atoms with Crippen LogP contribution in [0, 0.1) is 5.82 Å². The van der Waals surface area contributed by atoms with E-state index < -0.39 is 11.9 Å². The van der Waals surface area contributed by atoms with Crippen molar-refractivity contribution in [3.8, 4) is 11.5 Å². The number of nitrogens with one attached hydrogen (secondary N) is 1. The van der Waals surface area contributed by atoms with Gasteiger partial charge in [-0.1, -0.05) is 6.07 Å². The van der Waals surface area contributed by atoms with Gasteiger partial charge in [0.1, 0.15) is 36.3 Å². The Morgan fingerprint density at radius 2 is 2.13 bits per heavy atom. The molecule has 2 amide bonds. The van der Waals surface area contributed by atoms with E-state index in [2.05, 4.69) is 5.32 Å². The summed E-state index contributed by atoms with van der Waals surface area (Å²) in [6.07, 6.45) is 1.12. The second kappa shape index (κ2) is 9.39. The molecule has 0 fully saturated rings. The molecule has 1 heterocycles. The number of hydrogen-bond acceptors (Lipinski definition) is 5. The van der Waals surface area contributed by atoms with Crippen molar-refractivity contribution in [3.63, 3.8) is 0 Å². The van der Waals surface area contributed by atoms with E-state index in [1.54, 1.807) is 30.3 Å². The third kappa shape index (κ3) is 4.27. The molecule has 158 valence electrons. The molecule has 2 aromatic rings. The highest BCUT2D eigenvalue weighted by atomic mass is 19.1. The van der Waals surface area contributed by atoms with Gasteiger partial charge in [-0.3, -0.25) is 9.59 Å². The van der Waals surface area contributed by atoms with E-state index in [0.717, 1.165) is 6.29 Å². The SMILES string of the molecule is CNC(=O)C(CCC=O)N1Cc2c(OCc3ccc(OC)cc3F)cccc2C1=O. The molecular formula is C22H23FN2O5. The van der Waals surface area contributed by atoms with Crippen LogP contribution in [0.2, 0.25) is 0 Å². The van der Waals surface area contributed by atoms with E-state index in [1.807, 2.05) is 0 Å². The van der Waals surface area contributed by atoms with Gasteiger partial charge in [0.15, 0.2) is 0 Å². The molecule has 1 atom stereocenters. The molecule has 0 spiro atoms. The van der Waals surface area contributed by atoms with Crippen molar-refractivity contribution in [2.45, 2.75) is 32.0 Å². The fourth-order valence-corrected chi connectivity index (χ4v) is 3.46. The van der Waals surface area contributed by atoms with Crippen LogP contribution >= 0.6 is 0 Å². The normalized spacial score (nSPS) is 13.6. The Morgan fingerprint density at radius 3 is 2.80 bits per heavy atom. The molecule has 1 N–H and O–H groups in total. The molecule has 30 heavy (non-hydrogen) atoms. The van der Waals surface area contributed by atoms with Crippen molar-refractivity contribution in [2.24, 2.45) is 0 Å². The highest BCUT2D eigenvalue weighted by Crippen LogP contribution is 2.33.